The van der Waals surface area contributed by atoms with Crippen molar-refractivity contribution in [2.24, 2.45) is 0 Å². The van der Waals surface area contributed by atoms with E-state index in [1.165, 1.54) is 48.2 Å². The number of Topliss-reactive ketones (excluding diaryl/α,β-unsaturated/α-hetero) is 1. The van der Waals surface area contributed by atoms with Crippen LogP contribution in [0.1, 0.15) is 15.9 Å². The van der Waals surface area contributed by atoms with Crippen molar-refractivity contribution < 1.29 is 19.2 Å². The topological polar surface area (TPSA) is 80.4 Å². The number of nitrogens with zero attached hydrogens (tertiary/aromatic N) is 1. The van der Waals surface area contributed by atoms with Crippen LogP contribution in [0.4, 0.5) is 10.1 Å². The summed E-state index contributed by atoms with van der Waals surface area (Å²) in [6.07, 6.45) is 1.52. The van der Waals surface area contributed by atoms with Gasteiger partial charge in [-0.05, 0) is 35.9 Å². The van der Waals surface area contributed by atoms with Crippen LogP contribution in [0.15, 0.2) is 46.9 Å². The number of benzene rings is 2. The molecule has 0 amide bonds. The Balaban J connectivity index is 2.00. The Labute approximate surface area is 134 Å². The first kappa shape index (κ1) is 15.2. The first-order valence-corrected chi connectivity index (χ1v) is 7.59. The number of hydrogen-bond acceptors (Lipinski definition) is 5. The first-order chi connectivity index (χ1) is 11.0. The lowest BCUT2D eigenvalue weighted by atomic mass is 10.0. The Hall–Kier alpha value is -2.67. The number of nitro benzene ring substituents is 1. The van der Waals surface area contributed by atoms with Gasteiger partial charge in [0.1, 0.15) is 5.82 Å². The molecule has 1 heterocycles. The molecule has 1 aliphatic heterocycles. The minimum Gasteiger partial charge on any atom is -0.502 e. The normalized spacial score (nSPS) is 15.5. The Morgan fingerprint density at radius 1 is 1.26 bits per heavy atom. The molecular weight excluding hydrogens is 321 g/mol. The molecule has 0 spiro atoms. The van der Waals surface area contributed by atoms with Crippen LogP contribution in [-0.4, -0.2) is 21.6 Å². The Kier molecular flexibility index (Phi) is 3.87. The standard InChI is InChI=1S/C16H10FNO4S/c17-11-2-4-15-12(7-11)16(20)10(8-23-15)5-9-1-3-14(19)13(6-9)18(21)22/h1-7,19H,8H2/b10-5+. The van der Waals surface area contributed by atoms with Gasteiger partial charge in [-0.25, -0.2) is 4.39 Å². The van der Waals surface area contributed by atoms with Gasteiger partial charge in [-0.15, -0.1) is 11.8 Å². The van der Waals surface area contributed by atoms with E-state index in [0.29, 0.717) is 27.3 Å². The van der Waals surface area contributed by atoms with Gasteiger partial charge in [-0.3, -0.25) is 14.9 Å². The second-order valence-electron chi connectivity index (χ2n) is 4.93. The number of ketones is 1. The first-order valence-electron chi connectivity index (χ1n) is 6.61. The lowest BCUT2D eigenvalue weighted by Gasteiger charge is -2.16. The van der Waals surface area contributed by atoms with Crippen molar-refractivity contribution in [2.75, 3.05) is 5.75 Å². The molecule has 1 N–H and O–H groups in total. The third-order valence-electron chi connectivity index (χ3n) is 3.40. The van der Waals surface area contributed by atoms with E-state index >= 15 is 0 Å². The molecule has 0 aliphatic carbocycles. The van der Waals surface area contributed by atoms with Gasteiger partial charge < -0.3 is 5.11 Å². The molecule has 5 nitrogen and oxygen atoms in total. The van der Waals surface area contributed by atoms with Crippen LogP contribution in [0.2, 0.25) is 0 Å². The highest BCUT2D eigenvalue weighted by Crippen LogP contribution is 2.34. The minimum atomic E-state index is -0.695. The van der Waals surface area contributed by atoms with Gasteiger partial charge in [0.15, 0.2) is 11.5 Å². The zero-order valence-corrected chi connectivity index (χ0v) is 12.5. The maximum Gasteiger partial charge on any atom is 0.311 e. The van der Waals surface area contributed by atoms with E-state index in [0.717, 1.165) is 0 Å². The highest BCUT2D eigenvalue weighted by molar-refractivity contribution is 7.99. The van der Waals surface area contributed by atoms with E-state index in [1.807, 2.05) is 0 Å². The average molecular weight is 331 g/mol. The number of thioether (sulfide) groups is 1. The molecule has 2 aromatic rings. The van der Waals surface area contributed by atoms with Gasteiger partial charge >= 0.3 is 5.69 Å². The van der Waals surface area contributed by atoms with Crippen LogP contribution < -0.4 is 0 Å². The lowest BCUT2D eigenvalue weighted by Crippen LogP contribution is -2.12. The molecule has 3 rings (SSSR count). The molecule has 0 saturated heterocycles. The quantitative estimate of drug-likeness (QED) is 0.514. The van der Waals surface area contributed by atoms with E-state index in [4.69, 9.17) is 0 Å². The molecule has 116 valence electrons. The number of hydrogen-bond donors (Lipinski definition) is 1. The fourth-order valence-electron chi connectivity index (χ4n) is 2.28. The third-order valence-corrected chi connectivity index (χ3v) is 4.52. The summed E-state index contributed by atoms with van der Waals surface area (Å²) >= 11 is 1.40. The van der Waals surface area contributed by atoms with Crippen molar-refractivity contribution in [3.05, 3.63) is 69.0 Å². The van der Waals surface area contributed by atoms with Crippen molar-refractivity contribution in [3.8, 4) is 5.75 Å². The fraction of sp³-hybridized carbons (Fsp3) is 0.0625. The van der Waals surface area contributed by atoms with E-state index in [2.05, 4.69) is 0 Å². The average Bonchev–Trinajstić information content (AvgIpc) is 2.52. The zero-order chi connectivity index (χ0) is 16.6. The van der Waals surface area contributed by atoms with Gasteiger partial charge in [0.05, 0.1) is 4.92 Å². The number of carbonyl (C=O) groups excluding carboxylic acids is 1. The van der Waals surface area contributed by atoms with Gasteiger partial charge in [0, 0.05) is 27.9 Å². The summed E-state index contributed by atoms with van der Waals surface area (Å²) in [5.74, 6) is -0.825. The monoisotopic (exact) mass is 331 g/mol. The van der Waals surface area contributed by atoms with Gasteiger partial charge in [0.2, 0.25) is 0 Å². The summed E-state index contributed by atoms with van der Waals surface area (Å²) < 4.78 is 13.3. The molecule has 0 radical (unpaired) electrons. The molecule has 0 atom stereocenters. The van der Waals surface area contributed by atoms with Crippen molar-refractivity contribution in [3.63, 3.8) is 0 Å². The summed E-state index contributed by atoms with van der Waals surface area (Å²) in [6.45, 7) is 0. The van der Waals surface area contributed by atoms with Crippen molar-refractivity contribution >= 4 is 29.3 Å². The summed E-state index contributed by atoms with van der Waals surface area (Å²) in [5.41, 5.74) is 0.717. The van der Waals surface area contributed by atoms with Crippen LogP contribution in [0.25, 0.3) is 6.08 Å². The molecule has 0 unspecified atom stereocenters. The third kappa shape index (κ3) is 2.95. The Morgan fingerprint density at radius 2 is 2.04 bits per heavy atom. The second-order valence-corrected chi connectivity index (χ2v) is 5.95. The summed E-state index contributed by atoms with van der Waals surface area (Å²) in [4.78, 5) is 23.3. The van der Waals surface area contributed by atoms with Crippen molar-refractivity contribution in [1.82, 2.24) is 0 Å². The molecule has 2 aromatic carbocycles. The summed E-state index contributed by atoms with van der Waals surface area (Å²) in [7, 11) is 0. The molecule has 0 aromatic heterocycles. The van der Waals surface area contributed by atoms with Crippen LogP contribution >= 0.6 is 11.8 Å². The van der Waals surface area contributed by atoms with Crippen molar-refractivity contribution in [1.29, 1.82) is 0 Å². The number of carbonyl (C=O) groups is 1. The maximum absolute atomic E-state index is 13.3. The molecule has 1 aliphatic rings. The highest BCUT2D eigenvalue weighted by Gasteiger charge is 2.23. The lowest BCUT2D eigenvalue weighted by molar-refractivity contribution is -0.385. The minimum absolute atomic E-state index is 0.292. The van der Waals surface area contributed by atoms with Gasteiger partial charge in [-0.2, -0.15) is 0 Å². The van der Waals surface area contributed by atoms with Crippen LogP contribution in [0.3, 0.4) is 0 Å². The summed E-state index contributed by atoms with van der Waals surface area (Å²) in [6, 6.07) is 7.94. The number of fused-ring (bicyclic) bond motifs is 1. The number of aromatic hydroxyl groups is 1. The second kappa shape index (κ2) is 5.85. The predicted molar refractivity (Wildman–Crippen MR) is 84.2 cm³/mol. The molecule has 7 heteroatoms. The predicted octanol–water partition coefficient (Wildman–Crippen LogP) is 3.81. The number of phenolic OH excluding ortho intramolecular Hbond substituents is 1. The van der Waals surface area contributed by atoms with E-state index < -0.39 is 22.2 Å². The van der Waals surface area contributed by atoms with E-state index in [9.17, 15) is 24.4 Å². The maximum atomic E-state index is 13.3. The van der Waals surface area contributed by atoms with E-state index in [1.54, 1.807) is 6.07 Å². The van der Waals surface area contributed by atoms with Crippen LogP contribution in [-0.2, 0) is 0 Å². The molecule has 0 saturated carbocycles. The van der Waals surface area contributed by atoms with Crippen LogP contribution in [0, 0.1) is 15.9 Å². The zero-order valence-electron chi connectivity index (χ0n) is 11.7. The number of nitro groups is 1. The fourth-order valence-corrected chi connectivity index (χ4v) is 3.28. The van der Waals surface area contributed by atoms with Crippen LogP contribution in [0.5, 0.6) is 5.75 Å². The van der Waals surface area contributed by atoms with Gasteiger partial charge in [-0.1, -0.05) is 6.07 Å². The van der Waals surface area contributed by atoms with Gasteiger partial charge in [0.25, 0.3) is 0 Å². The number of rotatable bonds is 2. The Bertz CT molecular complexity index is 863. The number of phenols is 1. The van der Waals surface area contributed by atoms with E-state index in [-0.39, 0.29) is 5.78 Å². The molecular formula is C16H10FNO4S. The smallest absolute Gasteiger partial charge is 0.311 e. The molecule has 23 heavy (non-hydrogen) atoms. The Morgan fingerprint density at radius 3 is 2.78 bits per heavy atom. The van der Waals surface area contributed by atoms with Crippen molar-refractivity contribution in [2.45, 2.75) is 4.90 Å². The largest absolute Gasteiger partial charge is 0.502 e. The number of halogens is 1. The molecule has 0 bridgehead atoms. The summed E-state index contributed by atoms with van der Waals surface area (Å²) in [5, 5.41) is 20.3. The SMILES string of the molecule is O=C1/C(=C/c2ccc(O)c([N+](=O)[O-])c2)CSc2ccc(F)cc21. The highest BCUT2D eigenvalue weighted by atomic mass is 32.2. The molecule has 0 fully saturated rings.